The molecule has 80 valence electrons. The molecule has 0 atom stereocenters. The third-order valence-electron chi connectivity index (χ3n) is 2.87. The Morgan fingerprint density at radius 1 is 1.27 bits per heavy atom. The first kappa shape index (κ1) is 10.0. The Labute approximate surface area is 89.1 Å². The molecule has 0 aliphatic carbocycles. The molecule has 2 N–H and O–H groups in total. The first-order valence-electron chi connectivity index (χ1n) is 5.37. The van der Waals surface area contributed by atoms with E-state index in [1.54, 1.807) is 6.07 Å². The zero-order valence-electron chi connectivity index (χ0n) is 8.62. The van der Waals surface area contributed by atoms with Crippen LogP contribution in [-0.2, 0) is 6.42 Å². The van der Waals surface area contributed by atoms with Crippen LogP contribution in [0.3, 0.4) is 0 Å². The second-order valence-electron chi connectivity index (χ2n) is 3.88. The first-order chi connectivity index (χ1) is 7.33. The van der Waals surface area contributed by atoms with Crippen molar-refractivity contribution in [2.45, 2.75) is 25.7 Å². The predicted octanol–water partition coefficient (Wildman–Crippen LogP) is 2.34. The van der Waals surface area contributed by atoms with Crippen LogP contribution < -0.4 is 5.32 Å². The summed E-state index contributed by atoms with van der Waals surface area (Å²) < 4.78 is 0. The van der Waals surface area contributed by atoms with Crippen molar-refractivity contribution >= 4 is 12.0 Å². The van der Waals surface area contributed by atoms with Crippen molar-refractivity contribution in [1.29, 1.82) is 0 Å². The number of carbonyl (C=O) groups excluding carboxylic acids is 1. The number of anilines is 1. The van der Waals surface area contributed by atoms with Gasteiger partial charge in [-0.15, -0.1) is 0 Å². The molecule has 0 radical (unpaired) electrons. The minimum Gasteiger partial charge on any atom is -0.507 e. The molecule has 2 rings (SSSR count). The van der Waals surface area contributed by atoms with Crippen LogP contribution in [0.15, 0.2) is 12.1 Å². The van der Waals surface area contributed by atoms with Crippen LogP contribution >= 0.6 is 0 Å². The minimum absolute atomic E-state index is 0.0890. The number of hydrogen-bond donors (Lipinski definition) is 2. The maximum absolute atomic E-state index is 10.9. The quantitative estimate of drug-likeness (QED) is 0.546. The molecule has 0 fully saturated rings. The fraction of sp³-hybridized carbons (Fsp3) is 0.417. The average Bonchev–Trinajstić information content (AvgIpc) is 2.20. The van der Waals surface area contributed by atoms with Gasteiger partial charge in [0.1, 0.15) is 5.75 Å². The van der Waals surface area contributed by atoms with Gasteiger partial charge >= 0.3 is 0 Å². The molecule has 1 aliphatic heterocycles. The third kappa shape index (κ3) is 1.96. The van der Waals surface area contributed by atoms with Gasteiger partial charge in [0, 0.05) is 12.2 Å². The van der Waals surface area contributed by atoms with Crippen LogP contribution in [0.4, 0.5) is 5.69 Å². The highest BCUT2D eigenvalue weighted by Crippen LogP contribution is 2.29. The Morgan fingerprint density at radius 3 is 2.93 bits per heavy atom. The summed E-state index contributed by atoms with van der Waals surface area (Å²) >= 11 is 0. The van der Waals surface area contributed by atoms with E-state index in [0.29, 0.717) is 5.56 Å². The van der Waals surface area contributed by atoms with E-state index < -0.39 is 0 Å². The summed E-state index contributed by atoms with van der Waals surface area (Å²) in [6.07, 6.45) is 5.03. The first-order valence-corrected chi connectivity index (χ1v) is 5.37. The lowest BCUT2D eigenvalue weighted by molar-refractivity contribution is 0.112. The lowest BCUT2D eigenvalue weighted by atomic mass is 9.97. The molecule has 1 aliphatic rings. The maximum atomic E-state index is 10.9. The monoisotopic (exact) mass is 205 g/mol. The Morgan fingerprint density at radius 2 is 2.13 bits per heavy atom. The second kappa shape index (κ2) is 4.34. The SMILES string of the molecule is O=Cc1c(O)ccc2c1CCCCCN2. The summed E-state index contributed by atoms with van der Waals surface area (Å²) in [7, 11) is 0. The highest BCUT2D eigenvalue weighted by Gasteiger charge is 2.13. The predicted molar refractivity (Wildman–Crippen MR) is 59.5 cm³/mol. The van der Waals surface area contributed by atoms with E-state index in [9.17, 15) is 9.90 Å². The Hall–Kier alpha value is -1.51. The molecule has 1 aromatic rings. The van der Waals surface area contributed by atoms with Gasteiger partial charge in [0.25, 0.3) is 0 Å². The standard InChI is InChI=1S/C12H15NO2/c14-8-10-9-4-2-1-3-7-13-11(9)5-6-12(10)15/h5-6,8,13,15H,1-4,7H2. The average molecular weight is 205 g/mol. The number of fused-ring (bicyclic) bond motifs is 1. The van der Waals surface area contributed by atoms with Crippen molar-refractivity contribution in [3.05, 3.63) is 23.3 Å². The van der Waals surface area contributed by atoms with E-state index in [1.807, 2.05) is 6.07 Å². The summed E-state index contributed by atoms with van der Waals surface area (Å²) in [4.78, 5) is 10.9. The highest BCUT2D eigenvalue weighted by atomic mass is 16.3. The van der Waals surface area contributed by atoms with Crippen molar-refractivity contribution < 1.29 is 9.90 Å². The van der Waals surface area contributed by atoms with Gasteiger partial charge in [-0.3, -0.25) is 4.79 Å². The molecule has 1 heterocycles. The molecule has 0 bridgehead atoms. The van der Waals surface area contributed by atoms with Crippen LogP contribution in [0.2, 0.25) is 0 Å². The number of hydrogen-bond acceptors (Lipinski definition) is 3. The van der Waals surface area contributed by atoms with Crippen molar-refractivity contribution in [3.63, 3.8) is 0 Å². The number of rotatable bonds is 1. The Balaban J connectivity index is 2.46. The minimum atomic E-state index is 0.0890. The summed E-state index contributed by atoms with van der Waals surface area (Å²) in [6, 6.07) is 3.43. The van der Waals surface area contributed by atoms with Crippen LogP contribution in [0.1, 0.15) is 35.2 Å². The van der Waals surface area contributed by atoms with Gasteiger partial charge in [0.05, 0.1) is 5.56 Å². The van der Waals surface area contributed by atoms with Gasteiger partial charge in [-0.25, -0.2) is 0 Å². The van der Waals surface area contributed by atoms with Gasteiger partial charge in [-0.1, -0.05) is 6.42 Å². The molecule has 3 heteroatoms. The molecule has 0 amide bonds. The molecule has 0 saturated heterocycles. The number of aldehydes is 1. The molecule has 0 aromatic heterocycles. The molecule has 15 heavy (non-hydrogen) atoms. The number of phenols is 1. The number of aromatic hydroxyl groups is 1. The van der Waals surface area contributed by atoms with Crippen LogP contribution in [0.5, 0.6) is 5.75 Å². The zero-order valence-corrected chi connectivity index (χ0v) is 8.62. The van der Waals surface area contributed by atoms with Gasteiger partial charge in [0.2, 0.25) is 0 Å². The van der Waals surface area contributed by atoms with Crippen LogP contribution in [0.25, 0.3) is 0 Å². The molecule has 0 saturated carbocycles. The zero-order chi connectivity index (χ0) is 10.7. The highest BCUT2D eigenvalue weighted by molar-refractivity contribution is 5.85. The van der Waals surface area contributed by atoms with Crippen molar-refractivity contribution in [2.75, 3.05) is 11.9 Å². The summed E-state index contributed by atoms with van der Waals surface area (Å²) in [6.45, 7) is 0.941. The van der Waals surface area contributed by atoms with Crippen molar-refractivity contribution in [2.24, 2.45) is 0 Å². The van der Waals surface area contributed by atoms with Crippen molar-refractivity contribution in [3.8, 4) is 5.75 Å². The van der Waals surface area contributed by atoms with E-state index in [0.717, 1.165) is 43.3 Å². The van der Waals surface area contributed by atoms with E-state index in [4.69, 9.17) is 0 Å². The van der Waals surface area contributed by atoms with Crippen LogP contribution in [-0.4, -0.2) is 17.9 Å². The smallest absolute Gasteiger partial charge is 0.154 e. The normalized spacial score (nSPS) is 15.7. The van der Waals surface area contributed by atoms with Gasteiger partial charge in [0.15, 0.2) is 6.29 Å². The second-order valence-corrected chi connectivity index (χ2v) is 3.88. The topological polar surface area (TPSA) is 49.3 Å². The fourth-order valence-electron chi connectivity index (χ4n) is 2.05. The lowest BCUT2D eigenvalue weighted by Crippen LogP contribution is -2.09. The Kier molecular flexibility index (Phi) is 2.90. The molecule has 0 unspecified atom stereocenters. The number of benzene rings is 1. The molecule has 0 spiro atoms. The van der Waals surface area contributed by atoms with E-state index >= 15 is 0 Å². The summed E-state index contributed by atoms with van der Waals surface area (Å²) in [5, 5.41) is 12.9. The Bertz CT molecular complexity index is 374. The van der Waals surface area contributed by atoms with E-state index in [1.165, 1.54) is 6.42 Å². The van der Waals surface area contributed by atoms with Gasteiger partial charge < -0.3 is 10.4 Å². The van der Waals surface area contributed by atoms with Gasteiger partial charge in [-0.05, 0) is 37.0 Å². The van der Waals surface area contributed by atoms with E-state index in [-0.39, 0.29) is 5.75 Å². The molecule has 3 nitrogen and oxygen atoms in total. The number of phenolic OH excluding ortho intramolecular Hbond substituents is 1. The fourth-order valence-corrected chi connectivity index (χ4v) is 2.05. The summed E-state index contributed by atoms with van der Waals surface area (Å²) in [5.41, 5.74) is 2.40. The largest absolute Gasteiger partial charge is 0.507 e. The summed E-state index contributed by atoms with van der Waals surface area (Å²) in [5.74, 6) is 0.0890. The third-order valence-corrected chi connectivity index (χ3v) is 2.87. The molecule has 1 aromatic carbocycles. The number of carbonyl (C=O) groups is 1. The molecular formula is C12H15NO2. The van der Waals surface area contributed by atoms with E-state index in [2.05, 4.69) is 5.32 Å². The van der Waals surface area contributed by atoms with Crippen molar-refractivity contribution in [1.82, 2.24) is 0 Å². The lowest BCUT2D eigenvalue weighted by Gasteiger charge is -2.17. The van der Waals surface area contributed by atoms with Crippen LogP contribution in [0, 0.1) is 0 Å². The molecular weight excluding hydrogens is 190 g/mol. The number of nitrogens with one attached hydrogen (secondary N) is 1. The maximum Gasteiger partial charge on any atom is 0.154 e. The van der Waals surface area contributed by atoms with Gasteiger partial charge in [-0.2, -0.15) is 0 Å².